The largest absolute Gasteiger partial charge is 0.275 e. The molecule has 0 amide bonds. The standard InChI is InChI=1S/C15H13N3O2S.C6H7NO2S/c19-21(20,13-7-2-1-3-8-13)17-18-12-6-10-15(18)14-9-4-5-11-16-14;7-10(8,9)6-4-2-1-3-5-6/h1-12,17H;1-5H,(H2,7,8,9). The van der Waals surface area contributed by atoms with Crippen LogP contribution in [0.2, 0.25) is 0 Å². The van der Waals surface area contributed by atoms with Gasteiger partial charge in [-0.25, -0.2) is 18.4 Å². The number of nitrogens with zero attached hydrogens (tertiary/aromatic N) is 2. The first kappa shape index (κ1) is 22.2. The van der Waals surface area contributed by atoms with Crippen LogP contribution in [0.5, 0.6) is 0 Å². The van der Waals surface area contributed by atoms with Crippen molar-refractivity contribution >= 4 is 20.0 Å². The Morgan fingerprint density at radius 2 is 1.29 bits per heavy atom. The normalized spacial score (nSPS) is 11.3. The first-order valence-electron chi connectivity index (χ1n) is 9.02. The van der Waals surface area contributed by atoms with Crippen molar-refractivity contribution in [3.63, 3.8) is 0 Å². The van der Waals surface area contributed by atoms with E-state index in [4.69, 9.17) is 5.14 Å². The molecule has 0 unspecified atom stereocenters. The van der Waals surface area contributed by atoms with Crippen molar-refractivity contribution < 1.29 is 16.8 Å². The molecule has 10 heteroatoms. The van der Waals surface area contributed by atoms with E-state index in [2.05, 4.69) is 9.82 Å². The number of rotatable bonds is 5. The quantitative estimate of drug-likeness (QED) is 0.478. The molecule has 0 atom stereocenters. The van der Waals surface area contributed by atoms with E-state index in [1.165, 1.54) is 16.8 Å². The van der Waals surface area contributed by atoms with Gasteiger partial charge in [0.2, 0.25) is 10.0 Å². The lowest BCUT2D eigenvalue weighted by Gasteiger charge is -2.12. The molecular formula is C21H20N4O4S2. The fraction of sp³-hybridized carbons (Fsp3) is 0. The van der Waals surface area contributed by atoms with Gasteiger partial charge in [0.25, 0.3) is 10.0 Å². The summed E-state index contributed by atoms with van der Waals surface area (Å²) in [6.45, 7) is 0. The zero-order valence-corrected chi connectivity index (χ0v) is 17.9. The molecule has 0 spiro atoms. The third kappa shape index (κ3) is 6.01. The highest BCUT2D eigenvalue weighted by Gasteiger charge is 2.15. The average molecular weight is 457 g/mol. The number of hydrogen-bond donors (Lipinski definition) is 2. The van der Waals surface area contributed by atoms with Crippen molar-refractivity contribution in [1.29, 1.82) is 0 Å². The molecule has 0 aliphatic carbocycles. The summed E-state index contributed by atoms with van der Waals surface area (Å²) >= 11 is 0. The molecule has 0 aliphatic rings. The highest BCUT2D eigenvalue weighted by atomic mass is 32.2. The van der Waals surface area contributed by atoms with E-state index in [9.17, 15) is 16.8 Å². The molecule has 2 heterocycles. The maximum absolute atomic E-state index is 12.3. The van der Waals surface area contributed by atoms with Crippen LogP contribution in [0.25, 0.3) is 11.4 Å². The summed E-state index contributed by atoms with van der Waals surface area (Å²) < 4.78 is 47.3. The number of sulfonamides is 2. The molecule has 160 valence electrons. The van der Waals surface area contributed by atoms with Gasteiger partial charge in [-0.3, -0.25) is 9.66 Å². The molecule has 0 radical (unpaired) electrons. The van der Waals surface area contributed by atoms with E-state index in [0.717, 1.165) is 0 Å². The predicted octanol–water partition coefficient (Wildman–Crippen LogP) is 2.82. The third-order valence-electron chi connectivity index (χ3n) is 4.02. The summed E-state index contributed by atoms with van der Waals surface area (Å²) in [7, 11) is -7.13. The Labute approximate surface area is 181 Å². The van der Waals surface area contributed by atoms with E-state index in [1.807, 2.05) is 18.2 Å². The minimum absolute atomic E-state index is 0.148. The number of aromatic nitrogens is 2. The lowest BCUT2D eigenvalue weighted by atomic mass is 10.3. The van der Waals surface area contributed by atoms with Crippen LogP contribution >= 0.6 is 0 Å². The van der Waals surface area contributed by atoms with Gasteiger partial charge in [0.05, 0.1) is 21.2 Å². The molecule has 4 rings (SSSR count). The molecule has 0 aliphatic heterocycles. The van der Waals surface area contributed by atoms with Crippen LogP contribution in [0.3, 0.4) is 0 Å². The summed E-state index contributed by atoms with van der Waals surface area (Å²) in [6, 6.07) is 25.2. The Hall–Kier alpha value is -3.47. The van der Waals surface area contributed by atoms with Crippen molar-refractivity contribution in [3.8, 4) is 11.4 Å². The van der Waals surface area contributed by atoms with E-state index >= 15 is 0 Å². The molecule has 4 aromatic rings. The second-order valence-electron chi connectivity index (χ2n) is 6.24. The zero-order valence-electron chi connectivity index (χ0n) is 16.2. The molecule has 3 N–H and O–H groups in total. The molecule has 2 aromatic heterocycles. The van der Waals surface area contributed by atoms with Gasteiger partial charge >= 0.3 is 0 Å². The summed E-state index contributed by atoms with van der Waals surface area (Å²) in [6.07, 6.45) is 3.31. The van der Waals surface area contributed by atoms with Crippen molar-refractivity contribution in [2.45, 2.75) is 9.79 Å². The van der Waals surface area contributed by atoms with E-state index in [-0.39, 0.29) is 9.79 Å². The number of hydrogen-bond acceptors (Lipinski definition) is 5. The molecule has 31 heavy (non-hydrogen) atoms. The van der Waals surface area contributed by atoms with Crippen molar-refractivity contribution in [2.24, 2.45) is 5.14 Å². The van der Waals surface area contributed by atoms with Gasteiger partial charge in [0, 0.05) is 12.4 Å². The lowest BCUT2D eigenvalue weighted by molar-refractivity contribution is 0.594. The SMILES string of the molecule is NS(=O)(=O)c1ccccc1.O=S(=O)(Nn1cccc1-c1ccccn1)c1ccccc1. The minimum Gasteiger partial charge on any atom is -0.255 e. The number of nitrogens with two attached hydrogens (primary N) is 1. The van der Waals surface area contributed by atoms with Crippen molar-refractivity contribution in [3.05, 3.63) is 103 Å². The van der Waals surface area contributed by atoms with E-state index in [1.54, 1.807) is 73.1 Å². The summed E-state index contributed by atoms with van der Waals surface area (Å²) in [5.74, 6) is 0. The van der Waals surface area contributed by atoms with Crippen LogP contribution < -0.4 is 9.97 Å². The van der Waals surface area contributed by atoms with Crippen molar-refractivity contribution in [1.82, 2.24) is 9.66 Å². The first-order valence-corrected chi connectivity index (χ1v) is 12.0. The minimum atomic E-state index is -3.63. The average Bonchev–Trinajstić information content (AvgIpc) is 3.23. The summed E-state index contributed by atoms with van der Waals surface area (Å²) in [4.78, 5) is 7.12. The van der Waals surface area contributed by atoms with E-state index < -0.39 is 20.0 Å². The van der Waals surface area contributed by atoms with Crippen LogP contribution in [0.4, 0.5) is 0 Å². The van der Waals surface area contributed by atoms with Gasteiger partial charge in [-0.1, -0.05) is 42.5 Å². The number of benzene rings is 2. The monoisotopic (exact) mass is 456 g/mol. The van der Waals surface area contributed by atoms with E-state index in [0.29, 0.717) is 11.4 Å². The van der Waals surface area contributed by atoms with Crippen LogP contribution in [0.15, 0.2) is 113 Å². The molecule has 8 nitrogen and oxygen atoms in total. The van der Waals surface area contributed by atoms with Crippen LogP contribution in [-0.4, -0.2) is 26.5 Å². The Morgan fingerprint density at radius 3 is 1.81 bits per heavy atom. The van der Waals surface area contributed by atoms with Crippen molar-refractivity contribution in [2.75, 3.05) is 4.83 Å². The second-order valence-corrected chi connectivity index (χ2v) is 9.47. The molecular weight excluding hydrogens is 436 g/mol. The van der Waals surface area contributed by atoms with Gasteiger partial charge in [-0.2, -0.15) is 8.42 Å². The highest BCUT2D eigenvalue weighted by molar-refractivity contribution is 7.92. The molecule has 0 fully saturated rings. The smallest absolute Gasteiger partial charge is 0.255 e. The van der Waals surface area contributed by atoms with Gasteiger partial charge < -0.3 is 0 Å². The summed E-state index contributed by atoms with van der Waals surface area (Å²) in [5.41, 5.74) is 1.37. The van der Waals surface area contributed by atoms with Crippen LogP contribution in [-0.2, 0) is 20.0 Å². The van der Waals surface area contributed by atoms with Gasteiger partial charge in [0.15, 0.2) is 0 Å². The second kappa shape index (κ2) is 9.56. The zero-order chi connectivity index (χ0) is 22.3. The molecule has 0 saturated heterocycles. The Bertz CT molecular complexity index is 1320. The van der Waals surface area contributed by atoms with Gasteiger partial charge in [-0.05, 0) is 48.5 Å². The van der Waals surface area contributed by atoms with Crippen LogP contribution in [0.1, 0.15) is 0 Å². The highest BCUT2D eigenvalue weighted by Crippen LogP contribution is 2.17. The van der Waals surface area contributed by atoms with Gasteiger partial charge in [0.1, 0.15) is 0 Å². The number of nitrogens with one attached hydrogen (secondary N) is 1. The maximum atomic E-state index is 12.3. The molecule has 2 aromatic carbocycles. The maximum Gasteiger partial charge on any atom is 0.275 e. The fourth-order valence-electron chi connectivity index (χ4n) is 2.58. The number of pyridine rings is 1. The summed E-state index contributed by atoms with van der Waals surface area (Å²) in [5, 5.41) is 4.83. The molecule has 0 bridgehead atoms. The first-order chi connectivity index (χ1) is 14.8. The lowest BCUT2D eigenvalue weighted by Crippen LogP contribution is -2.23. The van der Waals surface area contributed by atoms with Crippen LogP contribution in [0, 0.1) is 0 Å². The Balaban J connectivity index is 0.000000229. The fourth-order valence-corrected chi connectivity index (χ4v) is 4.15. The predicted molar refractivity (Wildman–Crippen MR) is 118 cm³/mol. The molecule has 0 saturated carbocycles. The van der Waals surface area contributed by atoms with Gasteiger partial charge in [-0.15, -0.1) is 0 Å². The Kier molecular flexibility index (Phi) is 6.85. The topological polar surface area (TPSA) is 124 Å². The number of primary sulfonamides is 1. The Morgan fingerprint density at radius 1 is 0.710 bits per heavy atom. The third-order valence-corrected chi connectivity index (χ3v) is 6.28.